The van der Waals surface area contributed by atoms with Crippen LogP contribution in [0, 0.1) is 0 Å². The summed E-state index contributed by atoms with van der Waals surface area (Å²) in [6, 6.07) is 0. The maximum atomic E-state index is 10.1. The summed E-state index contributed by atoms with van der Waals surface area (Å²) in [6.45, 7) is 3.20. The summed E-state index contributed by atoms with van der Waals surface area (Å²) in [6.07, 6.45) is 0.243. The molecule has 0 amide bonds. The Morgan fingerprint density at radius 1 is 1.78 bits per heavy atom. The van der Waals surface area contributed by atoms with E-state index in [1.54, 1.807) is 0 Å². The van der Waals surface area contributed by atoms with Crippen LogP contribution < -0.4 is 5.73 Å². The van der Waals surface area contributed by atoms with Crippen molar-refractivity contribution in [1.29, 1.82) is 0 Å². The van der Waals surface area contributed by atoms with Gasteiger partial charge in [-0.3, -0.25) is 10.5 Å². The number of nitrogens with two attached hydrogens (primary N) is 1. The maximum Gasteiger partial charge on any atom is 0.304 e. The Labute approximate surface area is 65.4 Å². The number of carbonyl (C=O) groups excluding carboxylic acids is 1. The zero-order valence-electron chi connectivity index (χ0n) is 5.48. The molecule has 1 atom stereocenters. The van der Waals surface area contributed by atoms with Crippen LogP contribution >= 0.6 is 0 Å². The van der Waals surface area contributed by atoms with Gasteiger partial charge in [-0.15, -0.1) is 0 Å². The summed E-state index contributed by atoms with van der Waals surface area (Å²) >= 11 is 0. The van der Waals surface area contributed by atoms with E-state index in [1.165, 1.54) is 6.92 Å². The quantitative estimate of drug-likeness (QED) is 0.377. The molecule has 0 aliphatic carbocycles. The Morgan fingerprint density at radius 2 is 2.22 bits per heavy atom. The van der Waals surface area contributed by atoms with Gasteiger partial charge in [0.25, 0.3) is 0 Å². The van der Waals surface area contributed by atoms with Crippen LogP contribution in [0.2, 0.25) is 0 Å². The van der Waals surface area contributed by atoms with E-state index >= 15 is 0 Å². The zero-order valence-corrected chi connectivity index (χ0v) is 6.42. The van der Waals surface area contributed by atoms with Gasteiger partial charge in [0.15, 0.2) is 6.23 Å². The van der Waals surface area contributed by atoms with Crippen LogP contribution in [0.5, 0.6) is 0 Å². The number of hydrogen-bond donors (Lipinski definition) is 1. The van der Waals surface area contributed by atoms with Gasteiger partial charge < -0.3 is 4.74 Å². The molecular formula is C5H11CuNO2. The maximum absolute atomic E-state index is 10.1. The predicted octanol–water partition coefficient (Wildman–Crippen LogP) is 0.242. The fourth-order valence-corrected chi connectivity index (χ4v) is 0.297. The molecule has 0 heterocycles. The smallest absolute Gasteiger partial charge is 0.304 e. The average molecular weight is 181 g/mol. The largest absolute Gasteiger partial charge is 0.447 e. The Kier molecular flexibility index (Phi) is 7.90. The van der Waals surface area contributed by atoms with E-state index in [0.717, 1.165) is 0 Å². The Balaban J connectivity index is 0. The van der Waals surface area contributed by atoms with Crippen molar-refractivity contribution in [2.45, 2.75) is 26.5 Å². The Bertz CT molecular complexity index is 87.0. The summed E-state index contributed by atoms with van der Waals surface area (Å²) in [5.74, 6) is -0.320. The second kappa shape index (κ2) is 6.08. The molecule has 9 heavy (non-hydrogen) atoms. The van der Waals surface area contributed by atoms with Crippen LogP contribution in [0.1, 0.15) is 20.3 Å². The monoisotopic (exact) mass is 180 g/mol. The van der Waals surface area contributed by atoms with Crippen molar-refractivity contribution >= 4 is 5.97 Å². The van der Waals surface area contributed by atoms with Gasteiger partial charge in [0.1, 0.15) is 0 Å². The van der Waals surface area contributed by atoms with E-state index in [1.807, 2.05) is 6.92 Å². The molecule has 1 unspecified atom stereocenters. The van der Waals surface area contributed by atoms with E-state index < -0.39 is 6.23 Å². The second-order valence-corrected chi connectivity index (χ2v) is 1.56. The summed E-state index contributed by atoms with van der Waals surface area (Å²) in [5, 5.41) is 0. The fourth-order valence-electron chi connectivity index (χ4n) is 0.297. The molecule has 3 nitrogen and oxygen atoms in total. The molecule has 0 aromatic carbocycles. The van der Waals surface area contributed by atoms with Gasteiger partial charge in [0.05, 0.1) is 0 Å². The van der Waals surface area contributed by atoms with E-state index in [2.05, 4.69) is 4.74 Å². The number of esters is 1. The Hall–Kier alpha value is -0.0505. The van der Waals surface area contributed by atoms with E-state index in [9.17, 15) is 4.79 Å². The third-order valence-electron chi connectivity index (χ3n) is 0.720. The van der Waals surface area contributed by atoms with Crippen molar-refractivity contribution in [1.82, 2.24) is 0 Å². The number of rotatable bonds is 2. The van der Waals surface area contributed by atoms with Crippen LogP contribution in [0.15, 0.2) is 0 Å². The minimum atomic E-state index is -0.424. The van der Waals surface area contributed by atoms with Crippen LogP contribution in [-0.4, -0.2) is 12.2 Å². The minimum absolute atomic E-state index is 0. The van der Waals surface area contributed by atoms with E-state index in [-0.39, 0.29) is 23.0 Å². The standard InChI is InChI=1S/C5H11NO2.Cu/c1-3-5(6)8-4(2)7;/h5H,3,6H2,1-2H3;. The van der Waals surface area contributed by atoms with Gasteiger partial charge in [-0.2, -0.15) is 0 Å². The van der Waals surface area contributed by atoms with Gasteiger partial charge >= 0.3 is 5.97 Å². The van der Waals surface area contributed by atoms with E-state index in [4.69, 9.17) is 5.73 Å². The topological polar surface area (TPSA) is 52.3 Å². The molecule has 2 N–H and O–H groups in total. The van der Waals surface area contributed by atoms with Crippen LogP contribution in [-0.2, 0) is 26.6 Å². The third-order valence-corrected chi connectivity index (χ3v) is 0.720. The van der Waals surface area contributed by atoms with Crippen molar-refractivity contribution in [3.05, 3.63) is 0 Å². The molecule has 1 radical (unpaired) electrons. The summed E-state index contributed by atoms with van der Waals surface area (Å²) in [5.41, 5.74) is 5.23. The molecule has 0 spiro atoms. The van der Waals surface area contributed by atoms with Gasteiger partial charge in [0, 0.05) is 24.0 Å². The molecule has 0 aromatic heterocycles. The normalized spacial score (nSPS) is 11.4. The molecule has 0 bridgehead atoms. The molecule has 0 saturated heterocycles. The van der Waals surface area contributed by atoms with Crippen LogP contribution in [0.4, 0.5) is 0 Å². The third kappa shape index (κ3) is 7.95. The molecule has 0 aliphatic rings. The number of carbonyl (C=O) groups is 1. The minimum Gasteiger partial charge on any atom is -0.447 e. The average Bonchev–Trinajstić information content (AvgIpc) is 1.65. The van der Waals surface area contributed by atoms with Crippen molar-refractivity contribution in [3.63, 3.8) is 0 Å². The molecule has 0 rings (SSSR count). The summed E-state index contributed by atoms with van der Waals surface area (Å²) in [4.78, 5) is 10.1. The summed E-state index contributed by atoms with van der Waals surface area (Å²) in [7, 11) is 0. The predicted molar refractivity (Wildman–Crippen MR) is 30.0 cm³/mol. The van der Waals surface area contributed by atoms with E-state index in [0.29, 0.717) is 6.42 Å². The first-order chi connectivity index (χ1) is 3.66. The second-order valence-electron chi connectivity index (χ2n) is 1.56. The van der Waals surface area contributed by atoms with Crippen LogP contribution in [0.3, 0.4) is 0 Å². The van der Waals surface area contributed by atoms with Gasteiger partial charge in [-0.1, -0.05) is 6.92 Å². The number of ether oxygens (including phenoxy) is 1. The fraction of sp³-hybridized carbons (Fsp3) is 0.800. The molecule has 0 fully saturated rings. The Morgan fingerprint density at radius 3 is 2.33 bits per heavy atom. The molecule has 0 aliphatic heterocycles. The van der Waals surface area contributed by atoms with Crippen molar-refractivity contribution in [2.75, 3.05) is 0 Å². The van der Waals surface area contributed by atoms with Gasteiger partial charge in [-0.05, 0) is 6.42 Å². The van der Waals surface area contributed by atoms with Crippen molar-refractivity contribution in [2.24, 2.45) is 5.73 Å². The van der Waals surface area contributed by atoms with Crippen LogP contribution in [0.25, 0.3) is 0 Å². The van der Waals surface area contributed by atoms with Crippen molar-refractivity contribution in [3.8, 4) is 0 Å². The number of hydrogen-bond acceptors (Lipinski definition) is 3. The molecular weight excluding hydrogens is 170 g/mol. The van der Waals surface area contributed by atoms with Gasteiger partial charge in [0.2, 0.25) is 0 Å². The first kappa shape index (κ1) is 11.7. The molecule has 0 aromatic rings. The SMILES string of the molecule is CCC(N)OC(C)=O.[Cu]. The molecule has 4 heteroatoms. The van der Waals surface area contributed by atoms with Gasteiger partial charge in [-0.25, -0.2) is 0 Å². The first-order valence-corrected chi connectivity index (χ1v) is 2.59. The zero-order chi connectivity index (χ0) is 6.57. The summed E-state index contributed by atoms with van der Waals surface area (Å²) < 4.78 is 4.54. The van der Waals surface area contributed by atoms with Crippen molar-refractivity contribution < 1.29 is 26.6 Å². The molecule has 0 saturated carbocycles. The first-order valence-electron chi connectivity index (χ1n) is 2.59. The molecule has 59 valence electrons.